The highest BCUT2D eigenvalue weighted by Gasteiger charge is 2.24. The van der Waals surface area contributed by atoms with Crippen molar-refractivity contribution in [3.63, 3.8) is 0 Å². The maximum absolute atomic E-state index is 11.5. The lowest BCUT2D eigenvalue weighted by atomic mass is 10.1. The maximum Gasteiger partial charge on any atom is 0.200 e. The minimum atomic E-state index is -3.21. The van der Waals surface area contributed by atoms with Crippen LogP contribution < -0.4 is 5.73 Å². The zero-order valence-electron chi connectivity index (χ0n) is 7.30. The molecular formula is C9H10ClNO2S. The highest BCUT2D eigenvalue weighted by atomic mass is 35.5. The molecule has 1 aliphatic heterocycles. The molecule has 76 valence electrons. The Morgan fingerprint density at radius 2 is 1.86 bits per heavy atom. The van der Waals surface area contributed by atoms with Crippen LogP contribution in [0.5, 0.6) is 0 Å². The molecule has 1 aromatic rings. The predicted molar refractivity (Wildman–Crippen MR) is 57.9 cm³/mol. The Labute approximate surface area is 88.9 Å². The van der Waals surface area contributed by atoms with Crippen molar-refractivity contribution >= 4 is 27.8 Å². The number of rotatable bonds is 1. The Hall–Kier alpha value is -0.840. The largest absolute Gasteiger partial charge is 0.326 e. The number of hydrogen-bond donors (Lipinski definition) is 1. The van der Waals surface area contributed by atoms with Crippen LogP contribution in [0.1, 0.15) is 5.56 Å². The zero-order chi connectivity index (χ0) is 9.47. The normalized spacial score (nSPS) is 16.8. The van der Waals surface area contributed by atoms with Crippen LogP contribution in [0.15, 0.2) is 34.6 Å². The summed E-state index contributed by atoms with van der Waals surface area (Å²) in [6.45, 7) is 0.260. The second-order valence-corrected chi connectivity index (χ2v) is 4.65. The molecule has 0 radical (unpaired) electrons. The van der Waals surface area contributed by atoms with E-state index in [1.165, 1.54) is 5.41 Å². The van der Waals surface area contributed by atoms with Gasteiger partial charge in [0.05, 0.1) is 4.90 Å². The Bertz CT molecular complexity index is 479. The predicted octanol–water partition coefficient (Wildman–Crippen LogP) is 1.20. The van der Waals surface area contributed by atoms with E-state index in [1.807, 2.05) is 6.07 Å². The molecule has 0 bridgehead atoms. The molecule has 0 aromatic heterocycles. The van der Waals surface area contributed by atoms with E-state index >= 15 is 0 Å². The molecule has 0 fully saturated rings. The van der Waals surface area contributed by atoms with Crippen LogP contribution in [0.2, 0.25) is 0 Å². The van der Waals surface area contributed by atoms with Gasteiger partial charge in [0.1, 0.15) is 0 Å². The van der Waals surface area contributed by atoms with Crippen molar-refractivity contribution in [1.29, 1.82) is 0 Å². The summed E-state index contributed by atoms with van der Waals surface area (Å²) in [6, 6.07) is 6.90. The summed E-state index contributed by atoms with van der Waals surface area (Å²) in [5.41, 5.74) is 6.87. The Morgan fingerprint density at radius 1 is 1.21 bits per heavy atom. The molecule has 1 aliphatic rings. The third-order valence-corrected chi connectivity index (χ3v) is 3.62. The maximum atomic E-state index is 11.5. The minimum absolute atomic E-state index is 0. The van der Waals surface area contributed by atoms with Crippen LogP contribution >= 0.6 is 12.4 Å². The molecule has 0 unspecified atom stereocenters. The molecule has 1 heterocycles. The van der Waals surface area contributed by atoms with Gasteiger partial charge in [0, 0.05) is 12.0 Å². The summed E-state index contributed by atoms with van der Waals surface area (Å²) < 4.78 is 23.0. The molecule has 3 nitrogen and oxygen atoms in total. The van der Waals surface area contributed by atoms with Gasteiger partial charge in [-0.05, 0) is 17.2 Å². The fourth-order valence-electron chi connectivity index (χ4n) is 1.45. The van der Waals surface area contributed by atoms with E-state index in [9.17, 15) is 8.42 Å². The highest BCUT2D eigenvalue weighted by Crippen LogP contribution is 2.31. The standard InChI is InChI=1S/C9H9NO2S.ClH/c10-5-7-6-13(11,12)9-4-2-1-3-8(7)9;/h1-4,6H,5,10H2;1H. The summed E-state index contributed by atoms with van der Waals surface area (Å²) in [4.78, 5) is 0.371. The molecule has 0 saturated carbocycles. The van der Waals surface area contributed by atoms with Crippen molar-refractivity contribution < 1.29 is 8.42 Å². The number of hydrogen-bond acceptors (Lipinski definition) is 3. The molecule has 14 heavy (non-hydrogen) atoms. The molecule has 0 saturated heterocycles. The average Bonchev–Trinajstić information content (AvgIpc) is 2.39. The van der Waals surface area contributed by atoms with Gasteiger partial charge in [-0.25, -0.2) is 8.42 Å². The van der Waals surface area contributed by atoms with Gasteiger partial charge in [-0.15, -0.1) is 12.4 Å². The van der Waals surface area contributed by atoms with Crippen molar-refractivity contribution in [2.45, 2.75) is 4.90 Å². The quantitative estimate of drug-likeness (QED) is 0.790. The molecule has 1 aromatic carbocycles. The van der Waals surface area contributed by atoms with Crippen molar-refractivity contribution in [3.8, 4) is 0 Å². The van der Waals surface area contributed by atoms with Gasteiger partial charge < -0.3 is 5.73 Å². The summed E-state index contributed by atoms with van der Waals surface area (Å²) >= 11 is 0. The smallest absolute Gasteiger partial charge is 0.200 e. The third kappa shape index (κ3) is 1.56. The van der Waals surface area contributed by atoms with Gasteiger partial charge in [-0.2, -0.15) is 0 Å². The van der Waals surface area contributed by atoms with Crippen LogP contribution in [0.4, 0.5) is 0 Å². The molecule has 2 N–H and O–H groups in total. The Kier molecular flexibility index (Phi) is 2.99. The fourth-order valence-corrected chi connectivity index (χ4v) is 2.95. The van der Waals surface area contributed by atoms with Crippen molar-refractivity contribution in [1.82, 2.24) is 0 Å². The van der Waals surface area contributed by atoms with Crippen molar-refractivity contribution in [2.75, 3.05) is 6.54 Å². The second-order valence-electron chi connectivity index (χ2n) is 2.89. The van der Waals surface area contributed by atoms with E-state index in [4.69, 9.17) is 5.73 Å². The molecular weight excluding hydrogens is 222 g/mol. The monoisotopic (exact) mass is 231 g/mol. The molecule has 0 atom stereocenters. The number of nitrogens with two attached hydrogens (primary N) is 1. The minimum Gasteiger partial charge on any atom is -0.326 e. The summed E-state index contributed by atoms with van der Waals surface area (Å²) in [6.07, 6.45) is 0. The van der Waals surface area contributed by atoms with Crippen LogP contribution in [0.3, 0.4) is 0 Å². The van der Waals surface area contributed by atoms with Crippen molar-refractivity contribution in [3.05, 3.63) is 35.2 Å². The second kappa shape index (κ2) is 3.73. The first kappa shape index (κ1) is 11.2. The van der Waals surface area contributed by atoms with Gasteiger partial charge >= 0.3 is 0 Å². The SMILES string of the molecule is Cl.NCC1=CS(=O)(=O)c2ccccc21. The van der Waals surface area contributed by atoms with E-state index in [0.717, 1.165) is 5.56 Å². The van der Waals surface area contributed by atoms with Gasteiger partial charge in [-0.1, -0.05) is 18.2 Å². The summed E-state index contributed by atoms with van der Waals surface area (Å²) in [5.74, 6) is 0. The first-order valence-electron chi connectivity index (χ1n) is 3.90. The van der Waals surface area contributed by atoms with E-state index in [2.05, 4.69) is 0 Å². The average molecular weight is 232 g/mol. The number of halogens is 1. The van der Waals surface area contributed by atoms with Gasteiger partial charge in [-0.3, -0.25) is 0 Å². The van der Waals surface area contributed by atoms with E-state index < -0.39 is 9.84 Å². The fraction of sp³-hybridized carbons (Fsp3) is 0.111. The van der Waals surface area contributed by atoms with E-state index in [-0.39, 0.29) is 19.0 Å². The first-order chi connectivity index (χ1) is 6.15. The number of benzene rings is 1. The molecule has 0 aliphatic carbocycles. The van der Waals surface area contributed by atoms with Gasteiger partial charge in [0.15, 0.2) is 0 Å². The lowest BCUT2D eigenvalue weighted by Gasteiger charge is -1.99. The summed E-state index contributed by atoms with van der Waals surface area (Å²) in [5, 5.41) is 1.25. The lowest BCUT2D eigenvalue weighted by molar-refractivity contribution is 0.605. The van der Waals surface area contributed by atoms with Gasteiger partial charge in [0.25, 0.3) is 0 Å². The van der Waals surface area contributed by atoms with E-state index in [0.29, 0.717) is 10.5 Å². The molecule has 5 heteroatoms. The number of sulfone groups is 1. The third-order valence-electron chi connectivity index (χ3n) is 2.06. The van der Waals surface area contributed by atoms with Crippen LogP contribution in [-0.4, -0.2) is 15.0 Å². The highest BCUT2D eigenvalue weighted by molar-refractivity contribution is 7.95. The van der Waals surface area contributed by atoms with Crippen LogP contribution in [0.25, 0.3) is 5.57 Å². The van der Waals surface area contributed by atoms with E-state index in [1.54, 1.807) is 18.2 Å². The van der Waals surface area contributed by atoms with Gasteiger partial charge in [0.2, 0.25) is 9.84 Å². The zero-order valence-corrected chi connectivity index (χ0v) is 8.94. The topological polar surface area (TPSA) is 60.2 Å². The van der Waals surface area contributed by atoms with Crippen LogP contribution in [-0.2, 0) is 9.84 Å². The van der Waals surface area contributed by atoms with Crippen LogP contribution in [0, 0.1) is 0 Å². The molecule has 0 amide bonds. The summed E-state index contributed by atoms with van der Waals surface area (Å²) in [7, 11) is -3.21. The number of fused-ring (bicyclic) bond motifs is 1. The molecule has 0 spiro atoms. The Balaban J connectivity index is 0.000000980. The first-order valence-corrected chi connectivity index (χ1v) is 5.45. The Morgan fingerprint density at radius 3 is 2.50 bits per heavy atom. The lowest BCUT2D eigenvalue weighted by Crippen LogP contribution is -2.00. The van der Waals surface area contributed by atoms with Crippen molar-refractivity contribution in [2.24, 2.45) is 5.73 Å². The molecule has 2 rings (SSSR count).